The molecule has 3 aromatic carbocycles. The zero-order chi connectivity index (χ0) is 23.5. The maximum Gasteiger partial charge on any atom is 0.322 e. The molecule has 4 aromatic rings. The lowest BCUT2D eigenvalue weighted by atomic mass is 10.2. The van der Waals surface area contributed by atoms with Gasteiger partial charge in [-0.15, -0.1) is 0 Å². The molecule has 1 aromatic heterocycles. The second-order valence-corrected chi connectivity index (χ2v) is 8.86. The number of aromatic nitrogens is 2. The number of urea groups is 1. The molecule has 6 nitrogen and oxygen atoms in total. The van der Waals surface area contributed by atoms with Gasteiger partial charge in [0.15, 0.2) is 0 Å². The molecule has 8 heteroatoms. The van der Waals surface area contributed by atoms with E-state index in [1.807, 2.05) is 44.2 Å². The highest BCUT2D eigenvalue weighted by Gasteiger charge is 2.26. The number of nitrogens with one attached hydrogen (secondary N) is 1. The third-order valence-electron chi connectivity index (χ3n) is 5.41. The van der Waals surface area contributed by atoms with Crippen molar-refractivity contribution >= 4 is 50.2 Å². The largest absolute Gasteiger partial charge is 0.322 e. The van der Waals surface area contributed by atoms with Gasteiger partial charge in [-0.25, -0.2) is 9.78 Å². The fourth-order valence-electron chi connectivity index (χ4n) is 3.76. The molecule has 0 saturated carbocycles. The summed E-state index contributed by atoms with van der Waals surface area (Å²) in [5.74, 6) is 0.453. The molecule has 0 aliphatic heterocycles. The summed E-state index contributed by atoms with van der Waals surface area (Å²) >= 11 is 9.62. The van der Waals surface area contributed by atoms with Crippen molar-refractivity contribution in [1.82, 2.24) is 14.5 Å². The van der Waals surface area contributed by atoms with Gasteiger partial charge in [0, 0.05) is 21.7 Å². The summed E-state index contributed by atoms with van der Waals surface area (Å²) in [6, 6.07) is 20.8. The van der Waals surface area contributed by atoms with E-state index in [1.165, 1.54) is 4.57 Å². The molecule has 0 saturated heterocycles. The van der Waals surface area contributed by atoms with E-state index in [-0.39, 0.29) is 11.6 Å². The van der Waals surface area contributed by atoms with Crippen LogP contribution in [0.3, 0.4) is 0 Å². The summed E-state index contributed by atoms with van der Waals surface area (Å²) < 4.78 is 2.46. The van der Waals surface area contributed by atoms with Crippen molar-refractivity contribution in [2.24, 2.45) is 0 Å². The molecule has 0 aliphatic rings. The highest BCUT2D eigenvalue weighted by Crippen LogP contribution is 2.25. The van der Waals surface area contributed by atoms with Crippen molar-refractivity contribution in [2.45, 2.75) is 19.9 Å². The third-order valence-corrected chi connectivity index (χ3v) is 6.17. The highest BCUT2D eigenvalue weighted by atomic mass is 79.9. The van der Waals surface area contributed by atoms with Crippen LogP contribution in [0.4, 0.5) is 10.5 Å². The van der Waals surface area contributed by atoms with Gasteiger partial charge in [-0.2, -0.15) is 0 Å². The van der Waals surface area contributed by atoms with Crippen LogP contribution in [-0.2, 0) is 0 Å². The smallest absolute Gasteiger partial charge is 0.315 e. The lowest BCUT2D eigenvalue weighted by Crippen LogP contribution is -2.39. The summed E-state index contributed by atoms with van der Waals surface area (Å²) in [7, 11) is 0. The monoisotopic (exact) mass is 524 g/mol. The molecule has 1 heterocycles. The van der Waals surface area contributed by atoms with Crippen LogP contribution in [0.1, 0.15) is 25.7 Å². The van der Waals surface area contributed by atoms with Gasteiger partial charge in [0.05, 0.1) is 22.6 Å². The Morgan fingerprint density at radius 3 is 2.55 bits per heavy atom. The predicted molar refractivity (Wildman–Crippen MR) is 136 cm³/mol. The molecule has 1 unspecified atom stereocenters. The zero-order valence-corrected chi connectivity index (χ0v) is 20.5. The number of hydrogen-bond acceptors (Lipinski definition) is 3. The molecule has 0 aliphatic carbocycles. The number of amides is 2. The number of nitrogens with zero attached hydrogens (tertiary/aromatic N) is 3. The topological polar surface area (TPSA) is 67.2 Å². The molecule has 4 rings (SSSR count). The number of fused-ring (bicyclic) bond motifs is 1. The maximum atomic E-state index is 13.5. The van der Waals surface area contributed by atoms with Crippen LogP contribution in [0.5, 0.6) is 0 Å². The fourth-order valence-corrected chi connectivity index (χ4v) is 4.20. The molecule has 2 amide bonds. The minimum atomic E-state index is -0.498. The van der Waals surface area contributed by atoms with E-state index in [2.05, 4.69) is 21.2 Å². The van der Waals surface area contributed by atoms with E-state index in [0.29, 0.717) is 39.7 Å². The maximum absolute atomic E-state index is 13.5. The first kappa shape index (κ1) is 23.0. The van der Waals surface area contributed by atoms with Crippen molar-refractivity contribution in [3.63, 3.8) is 0 Å². The molecule has 0 radical (unpaired) electrons. The summed E-state index contributed by atoms with van der Waals surface area (Å²) in [6.07, 6.45) is 0. The number of anilines is 1. The summed E-state index contributed by atoms with van der Waals surface area (Å²) in [5.41, 5.74) is 1.63. The number of rotatable bonds is 5. The van der Waals surface area contributed by atoms with Crippen LogP contribution < -0.4 is 10.9 Å². The number of carbonyl (C=O) groups is 1. The average Bonchev–Trinajstić information content (AvgIpc) is 2.81. The van der Waals surface area contributed by atoms with E-state index in [0.717, 1.165) is 4.47 Å². The van der Waals surface area contributed by atoms with Gasteiger partial charge >= 0.3 is 6.03 Å². The first-order chi connectivity index (χ1) is 15.9. The lowest BCUT2D eigenvalue weighted by molar-refractivity contribution is 0.193. The molecule has 1 atom stereocenters. The summed E-state index contributed by atoms with van der Waals surface area (Å²) in [6.45, 7) is 4.17. The zero-order valence-electron chi connectivity index (χ0n) is 18.1. The van der Waals surface area contributed by atoms with Gasteiger partial charge in [-0.1, -0.05) is 45.7 Å². The number of hydrogen-bond donors (Lipinski definition) is 1. The van der Waals surface area contributed by atoms with E-state index >= 15 is 0 Å². The van der Waals surface area contributed by atoms with Crippen molar-refractivity contribution in [3.05, 3.63) is 98.5 Å². The predicted octanol–water partition coefficient (Wildman–Crippen LogP) is 6.42. The normalized spacial score (nSPS) is 11.9. The van der Waals surface area contributed by atoms with E-state index < -0.39 is 6.04 Å². The van der Waals surface area contributed by atoms with Crippen LogP contribution in [-0.4, -0.2) is 27.0 Å². The second-order valence-electron chi connectivity index (χ2n) is 7.51. The molecule has 168 valence electrons. The molecule has 33 heavy (non-hydrogen) atoms. The van der Waals surface area contributed by atoms with Crippen molar-refractivity contribution < 1.29 is 4.79 Å². The van der Waals surface area contributed by atoms with Gasteiger partial charge in [0.2, 0.25) is 0 Å². The van der Waals surface area contributed by atoms with Crippen molar-refractivity contribution in [1.29, 1.82) is 0 Å². The molecule has 0 bridgehead atoms. The van der Waals surface area contributed by atoms with Crippen LogP contribution in [0, 0.1) is 0 Å². The second kappa shape index (κ2) is 9.77. The molecule has 1 N–H and O–H groups in total. The Balaban J connectivity index is 1.81. The minimum Gasteiger partial charge on any atom is -0.315 e. The van der Waals surface area contributed by atoms with Gasteiger partial charge in [0.25, 0.3) is 5.56 Å². The molecular formula is C25H22BrClN4O2. The summed E-state index contributed by atoms with van der Waals surface area (Å²) in [4.78, 5) is 33.1. The van der Waals surface area contributed by atoms with Gasteiger partial charge in [-0.05, 0) is 68.4 Å². The van der Waals surface area contributed by atoms with E-state index in [4.69, 9.17) is 16.6 Å². The Kier molecular flexibility index (Phi) is 6.81. The van der Waals surface area contributed by atoms with Crippen LogP contribution >= 0.6 is 27.5 Å². The summed E-state index contributed by atoms with van der Waals surface area (Å²) in [5, 5.41) is 3.92. The third kappa shape index (κ3) is 4.79. The number of carbonyl (C=O) groups excluding carboxylic acids is 1. The van der Waals surface area contributed by atoms with E-state index in [1.54, 1.807) is 47.4 Å². The van der Waals surface area contributed by atoms with Crippen LogP contribution in [0.15, 0.2) is 82.1 Å². The first-order valence-electron chi connectivity index (χ1n) is 10.5. The molecular weight excluding hydrogens is 504 g/mol. The number of halogens is 2. The fraction of sp³-hybridized carbons (Fsp3) is 0.160. The number of benzene rings is 3. The van der Waals surface area contributed by atoms with Crippen LogP contribution in [0.25, 0.3) is 16.6 Å². The Morgan fingerprint density at radius 2 is 1.85 bits per heavy atom. The Hall–Kier alpha value is -3.16. The van der Waals surface area contributed by atoms with Gasteiger partial charge < -0.3 is 10.2 Å². The molecule has 0 fully saturated rings. The van der Waals surface area contributed by atoms with Gasteiger partial charge in [0.1, 0.15) is 5.82 Å². The average molecular weight is 526 g/mol. The Labute approximate surface area is 205 Å². The van der Waals surface area contributed by atoms with Crippen LogP contribution in [0.2, 0.25) is 5.02 Å². The standard InChI is InChI=1S/C25H22BrClN4O2/c1-3-30(25(33)28-19-13-11-17(26)12-14-19)16(2)23-29-22-10-5-4-9-21(22)24(32)31(23)20-8-6-7-18(27)15-20/h4-16H,3H2,1-2H3,(H,28,33). The van der Waals surface area contributed by atoms with Gasteiger partial charge in [-0.3, -0.25) is 9.36 Å². The lowest BCUT2D eigenvalue weighted by Gasteiger charge is -2.29. The van der Waals surface area contributed by atoms with Crippen molar-refractivity contribution in [3.8, 4) is 5.69 Å². The first-order valence-corrected chi connectivity index (χ1v) is 11.7. The highest BCUT2D eigenvalue weighted by molar-refractivity contribution is 9.10. The van der Waals surface area contributed by atoms with Crippen molar-refractivity contribution in [2.75, 3.05) is 11.9 Å². The Morgan fingerprint density at radius 1 is 1.12 bits per heavy atom. The molecule has 0 spiro atoms. The SMILES string of the molecule is CCN(C(=O)Nc1ccc(Br)cc1)C(C)c1nc2ccccc2c(=O)n1-c1cccc(Cl)c1. The Bertz CT molecular complexity index is 1370. The quantitative estimate of drug-likeness (QED) is 0.327. The van der Waals surface area contributed by atoms with E-state index in [9.17, 15) is 9.59 Å². The number of para-hydroxylation sites is 1. The minimum absolute atomic E-state index is 0.214.